The van der Waals surface area contributed by atoms with Gasteiger partial charge in [-0.15, -0.1) is 0 Å². The van der Waals surface area contributed by atoms with Crippen LogP contribution in [0, 0.1) is 0 Å². The Hall–Kier alpha value is -4.17. The lowest BCUT2D eigenvalue weighted by molar-refractivity contribution is -0.162. The fourth-order valence-corrected chi connectivity index (χ4v) is 6.08. The van der Waals surface area contributed by atoms with Gasteiger partial charge in [0.25, 0.3) is 0 Å². The molecule has 2 aliphatic heterocycles. The molecule has 2 N–H and O–H groups in total. The normalized spacial score (nSPS) is 18.3. The summed E-state index contributed by atoms with van der Waals surface area (Å²) in [6.07, 6.45) is 3.64. The van der Waals surface area contributed by atoms with E-state index in [-0.39, 0.29) is 18.4 Å². The van der Waals surface area contributed by atoms with Gasteiger partial charge in [-0.1, -0.05) is 91.0 Å². The van der Waals surface area contributed by atoms with Gasteiger partial charge in [0.1, 0.15) is 18.2 Å². The summed E-state index contributed by atoms with van der Waals surface area (Å²) < 4.78 is 5.26. The van der Waals surface area contributed by atoms with Gasteiger partial charge in [0, 0.05) is 32.7 Å². The van der Waals surface area contributed by atoms with Crippen molar-refractivity contribution in [2.24, 2.45) is 0 Å². The Balaban J connectivity index is 1.14. The second kappa shape index (κ2) is 14.8. The second-order valence-corrected chi connectivity index (χ2v) is 11.5. The Bertz CT molecular complexity index is 1330. The van der Waals surface area contributed by atoms with Crippen molar-refractivity contribution < 1.29 is 19.1 Å². The molecule has 0 aromatic heterocycles. The zero-order valence-electron chi connectivity index (χ0n) is 24.8. The SMILES string of the molecule is O=C(NCCCCC1NC(=O)C2(CCN(CCc3ccccc3)CC2)N(Cc2ccccc2)C1=O)OCc1ccccc1. The molecule has 3 aromatic rings. The van der Waals surface area contributed by atoms with Crippen molar-refractivity contribution in [1.82, 2.24) is 20.4 Å². The van der Waals surface area contributed by atoms with Crippen LogP contribution in [0.4, 0.5) is 4.79 Å². The molecule has 43 heavy (non-hydrogen) atoms. The van der Waals surface area contributed by atoms with Gasteiger partial charge in [-0.2, -0.15) is 0 Å². The molecule has 0 saturated carbocycles. The zero-order chi connectivity index (χ0) is 29.9. The number of hydrogen-bond donors (Lipinski definition) is 2. The first-order chi connectivity index (χ1) is 21.0. The van der Waals surface area contributed by atoms with Crippen molar-refractivity contribution in [3.63, 3.8) is 0 Å². The Morgan fingerprint density at radius 3 is 2.09 bits per heavy atom. The number of amides is 3. The molecule has 1 spiro atoms. The van der Waals surface area contributed by atoms with Crippen LogP contribution in [0.3, 0.4) is 0 Å². The number of piperazine rings is 1. The first-order valence-corrected chi connectivity index (χ1v) is 15.4. The van der Waals surface area contributed by atoms with E-state index < -0.39 is 17.7 Å². The average Bonchev–Trinajstić information content (AvgIpc) is 3.05. The van der Waals surface area contributed by atoms with Gasteiger partial charge in [-0.3, -0.25) is 9.59 Å². The van der Waals surface area contributed by atoms with Crippen LogP contribution in [-0.4, -0.2) is 65.5 Å². The zero-order valence-corrected chi connectivity index (χ0v) is 24.8. The van der Waals surface area contributed by atoms with Crippen molar-refractivity contribution in [2.75, 3.05) is 26.2 Å². The molecule has 1 atom stereocenters. The van der Waals surface area contributed by atoms with Crippen LogP contribution in [0.2, 0.25) is 0 Å². The molecule has 5 rings (SSSR count). The van der Waals surface area contributed by atoms with E-state index in [9.17, 15) is 14.4 Å². The summed E-state index contributed by atoms with van der Waals surface area (Å²) in [4.78, 5) is 44.0. The van der Waals surface area contributed by atoms with Crippen molar-refractivity contribution in [3.8, 4) is 0 Å². The van der Waals surface area contributed by atoms with E-state index in [2.05, 4.69) is 39.8 Å². The van der Waals surface area contributed by atoms with Gasteiger partial charge in [0.2, 0.25) is 11.8 Å². The van der Waals surface area contributed by atoms with E-state index >= 15 is 0 Å². The standard InChI is InChI=1S/C35H42N4O4/c40-32-31(18-10-11-22-36-34(42)43-27-30-16-8-3-9-17-30)37-33(41)35(39(32)26-29-14-6-2-7-15-29)20-24-38(25-21-35)23-19-28-12-4-1-5-13-28/h1-9,12-17,31H,10-11,18-27H2,(H,36,42)(H,37,41). The number of nitrogens with zero attached hydrogens (tertiary/aromatic N) is 2. The van der Waals surface area contributed by atoms with Crippen LogP contribution in [0.15, 0.2) is 91.0 Å². The predicted molar refractivity (Wildman–Crippen MR) is 166 cm³/mol. The molecule has 2 aliphatic rings. The monoisotopic (exact) mass is 582 g/mol. The molecule has 2 fully saturated rings. The Labute approximate surface area is 254 Å². The van der Waals surface area contributed by atoms with E-state index in [4.69, 9.17) is 4.74 Å². The summed E-state index contributed by atoms with van der Waals surface area (Å²) in [7, 11) is 0. The van der Waals surface area contributed by atoms with Crippen LogP contribution in [0.5, 0.6) is 0 Å². The quantitative estimate of drug-likeness (QED) is 0.303. The Morgan fingerprint density at radius 1 is 0.837 bits per heavy atom. The highest BCUT2D eigenvalue weighted by Gasteiger charge is 2.53. The predicted octanol–water partition coefficient (Wildman–Crippen LogP) is 4.69. The molecule has 3 aromatic carbocycles. The number of piperidine rings is 1. The summed E-state index contributed by atoms with van der Waals surface area (Å²) >= 11 is 0. The Kier molecular flexibility index (Phi) is 10.4. The number of hydrogen-bond acceptors (Lipinski definition) is 5. The van der Waals surface area contributed by atoms with Crippen molar-refractivity contribution in [2.45, 2.75) is 63.3 Å². The smallest absolute Gasteiger partial charge is 0.407 e. The lowest BCUT2D eigenvalue weighted by atomic mass is 9.81. The maximum absolute atomic E-state index is 13.9. The number of rotatable bonds is 12. The fourth-order valence-electron chi connectivity index (χ4n) is 6.08. The lowest BCUT2D eigenvalue weighted by Gasteiger charge is -2.51. The topological polar surface area (TPSA) is 91.0 Å². The van der Waals surface area contributed by atoms with Crippen LogP contribution < -0.4 is 10.6 Å². The third-order valence-electron chi connectivity index (χ3n) is 8.64. The van der Waals surface area contributed by atoms with Gasteiger partial charge in [-0.25, -0.2) is 4.79 Å². The third-order valence-corrected chi connectivity index (χ3v) is 8.64. The molecule has 3 amide bonds. The maximum Gasteiger partial charge on any atom is 0.407 e. The molecule has 8 heteroatoms. The number of benzene rings is 3. The molecule has 0 radical (unpaired) electrons. The second-order valence-electron chi connectivity index (χ2n) is 11.5. The van der Waals surface area contributed by atoms with E-state index in [1.54, 1.807) is 0 Å². The maximum atomic E-state index is 13.9. The van der Waals surface area contributed by atoms with Crippen LogP contribution in [0.25, 0.3) is 0 Å². The molecule has 2 heterocycles. The minimum absolute atomic E-state index is 0.0172. The largest absolute Gasteiger partial charge is 0.445 e. The first-order valence-electron chi connectivity index (χ1n) is 15.4. The van der Waals surface area contributed by atoms with E-state index in [1.807, 2.05) is 71.6 Å². The van der Waals surface area contributed by atoms with Crippen molar-refractivity contribution in [3.05, 3.63) is 108 Å². The molecular formula is C35H42N4O4. The van der Waals surface area contributed by atoms with Crippen molar-refractivity contribution in [1.29, 1.82) is 0 Å². The number of alkyl carbamates (subject to hydrolysis) is 1. The number of unbranched alkanes of at least 4 members (excludes halogenated alkanes) is 1. The molecule has 1 unspecified atom stereocenters. The highest BCUT2D eigenvalue weighted by molar-refractivity contribution is 6.00. The first kappa shape index (κ1) is 30.3. The number of carbonyl (C=O) groups excluding carboxylic acids is 3. The molecule has 226 valence electrons. The summed E-state index contributed by atoms with van der Waals surface area (Å²) in [6.45, 7) is 3.57. The average molecular weight is 583 g/mol. The number of ether oxygens (including phenoxy) is 1. The van der Waals surface area contributed by atoms with Gasteiger partial charge < -0.3 is 25.2 Å². The van der Waals surface area contributed by atoms with E-state index in [1.165, 1.54) is 5.56 Å². The third kappa shape index (κ3) is 8.02. The fraction of sp³-hybridized carbons (Fsp3) is 0.400. The Morgan fingerprint density at radius 2 is 1.44 bits per heavy atom. The molecule has 2 saturated heterocycles. The van der Waals surface area contributed by atoms with Crippen LogP contribution in [0.1, 0.15) is 48.8 Å². The lowest BCUT2D eigenvalue weighted by Crippen LogP contribution is -2.72. The summed E-state index contributed by atoms with van der Waals surface area (Å²) in [5.74, 6) is -0.0604. The van der Waals surface area contributed by atoms with Gasteiger partial charge in [-0.05, 0) is 55.2 Å². The minimum Gasteiger partial charge on any atom is -0.445 e. The molecular weight excluding hydrogens is 540 g/mol. The highest BCUT2D eigenvalue weighted by Crippen LogP contribution is 2.35. The van der Waals surface area contributed by atoms with Crippen LogP contribution in [-0.2, 0) is 33.9 Å². The summed E-state index contributed by atoms with van der Waals surface area (Å²) in [5.41, 5.74) is 2.42. The minimum atomic E-state index is -0.837. The van der Waals surface area contributed by atoms with Crippen LogP contribution >= 0.6 is 0 Å². The molecule has 8 nitrogen and oxygen atoms in total. The van der Waals surface area contributed by atoms with Gasteiger partial charge >= 0.3 is 6.09 Å². The summed E-state index contributed by atoms with van der Waals surface area (Å²) in [5, 5.41) is 5.87. The van der Waals surface area contributed by atoms with Gasteiger partial charge in [0.15, 0.2) is 0 Å². The molecule has 0 bridgehead atoms. The number of carbonyl (C=O) groups is 3. The number of likely N-dealkylation sites (tertiary alicyclic amines) is 1. The molecule has 0 aliphatic carbocycles. The van der Waals surface area contributed by atoms with Gasteiger partial charge in [0.05, 0.1) is 0 Å². The highest BCUT2D eigenvalue weighted by atomic mass is 16.5. The van der Waals surface area contributed by atoms with E-state index in [0.717, 1.165) is 37.2 Å². The van der Waals surface area contributed by atoms with Crippen molar-refractivity contribution >= 4 is 17.9 Å². The summed E-state index contributed by atoms with van der Waals surface area (Å²) in [6, 6.07) is 29.4. The van der Waals surface area contributed by atoms with E-state index in [0.29, 0.717) is 45.2 Å². The number of nitrogens with one attached hydrogen (secondary N) is 2.